The van der Waals surface area contributed by atoms with E-state index in [0.29, 0.717) is 23.1 Å². The number of aromatic nitrogens is 2. The lowest BCUT2D eigenvalue weighted by Crippen LogP contribution is -2.29. The number of rotatable bonds is 5. The quantitative estimate of drug-likeness (QED) is 0.344. The summed E-state index contributed by atoms with van der Waals surface area (Å²) >= 11 is 1.17. The Labute approximate surface area is 202 Å². The Hall–Kier alpha value is -4.37. The maximum absolute atomic E-state index is 13.9. The Balaban J connectivity index is 1.43. The third kappa shape index (κ3) is 3.66. The number of hydrogen-bond acceptors (Lipinski definition) is 7. The van der Waals surface area contributed by atoms with E-state index in [4.69, 9.17) is 9.15 Å². The Morgan fingerprint density at radius 3 is 2.57 bits per heavy atom. The van der Waals surface area contributed by atoms with Gasteiger partial charge in [-0.3, -0.25) is 14.5 Å². The molecular weight excluding hydrogens is 469 g/mol. The summed E-state index contributed by atoms with van der Waals surface area (Å²) in [5, 5.41) is 8.29. The highest BCUT2D eigenvalue weighted by atomic mass is 32.1. The van der Waals surface area contributed by atoms with Crippen molar-refractivity contribution in [3.63, 3.8) is 0 Å². The van der Waals surface area contributed by atoms with E-state index in [9.17, 15) is 14.0 Å². The Morgan fingerprint density at radius 2 is 1.83 bits per heavy atom. The molecule has 0 N–H and O–H groups in total. The number of hydrogen-bond donors (Lipinski definition) is 0. The van der Waals surface area contributed by atoms with Crippen LogP contribution in [0.3, 0.4) is 0 Å². The molecule has 1 atom stereocenters. The van der Waals surface area contributed by atoms with Crippen molar-refractivity contribution in [2.75, 3.05) is 4.90 Å². The fourth-order valence-electron chi connectivity index (χ4n) is 4.22. The minimum Gasteiger partial charge on any atom is -0.489 e. The largest absolute Gasteiger partial charge is 0.489 e. The first-order valence-corrected chi connectivity index (χ1v) is 11.6. The number of anilines is 1. The molecule has 35 heavy (non-hydrogen) atoms. The molecule has 3 aromatic carbocycles. The van der Waals surface area contributed by atoms with Gasteiger partial charge in [-0.1, -0.05) is 53.8 Å². The standard InChI is InChI=1S/C26H16FN3O4S/c27-17-8-11-20-19(12-17)23(31)21-22(30(25(32)24(21)34-20)26-29-28-14-35-26)16-6-9-18(10-7-16)33-13-15-4-2-1-3-5-15/h1-12,14,22H,13H2. The molecule has 5 aromatic rings. The second-order valence-corrected chi connectivity index (χ2v) is 8.77. The fraction of sp³-hybridized carbons (Fsp3) is 0.0769. The van der Waals surface area contributed by atoms with Crippen LogP contribution in [0, 0.1) is 5.82 Å². The van der Waals surface area contributed by atoms with E-state index >= 15 is 0 Å². The number of carbonyl (C=O) groups excluding carboxylic acids is 1. The Kier molecular flexibility index (Phi) is 5.11. The third-order valence-corrected chi connectivity index (χ3v) is 6.52. The summed E-state index contributed by atoms with van der Waals surface area (Å²) in [4.78, 5) is 28.3. The maximum Gasteiger partial charge on any atom is 0.297 e. The minimum atomic E-state index is -0.808. The molecule has 7 nitrogen and oxygen atoms in total. The van der Waals surface area contributed by atoms with E-state index in [2.05, 4.69) is 10.2 Å². The molecule has 0 saturated carbocycles. The number of fused-ring (bicyclic) bond motifs is 2. The van der Waals surface area contributed by atoms with Crippen LogP contribution in [0.5, 0.6) is 5.75 Å². The van der Waals surface area contributed by atoms with Crippen molar-refractivity contribution in [2.45, 2.75) is 12.6 Å². The number of nitrogens with zero attached hydrogens (tertiary/aromatic N) is 3. The summed E-state index contributed by atoms with van der Waals surface area (Å²) < 4.78 is 25.6. The molecule has 172 valence electrons. The smallest absolute Gasteiger partial charge is 0.297 e. The summed E-state index contributed by atoms with van der Waals surface area (Å²) in [7, 11) is 0. The molecule has 6 rings (SSSR count). The predicted octanol–water partition coefficient (Wildman–Crippen LogP) is 5.11. The van der Waals surface area contributed by atoms with Crippen LogP contribution in [0.4, 0.5) is 9.52 Å². The van der Waals surface area contributed by atoms with Crippen molar-refractivity contribution in [1.29, 1.82) is 0 Å². The van der Waals surface area contributed by atoms with Gasteiger partial charge in [0.2, 0.25) is 10.9 Å². The highest BCUT2D eigenvalue weighted by Crippen LogP contribution is 2.41. The van der Waals surface area contributed by atoms with Gasteiger partial charge in [0, 0.05) is 0 Å². The Bertz CT molecular complexity index is 1600. The number of halogens is 1. The lowest BCUT2D eigenvalue weighted by atomic mass is 9.98. The lowest BCUT2D eigenvalue weighted by molar-refractivity contribution is 0.0970. The molecule has 0 saturated heterocycles. The first-order chi connectivity index (χ1) is 17.1. The molecule has 2 aromatic heterocycles. The van der Waals surface area contributed by atoms with Gasteiger partial charge in [0.25, 0.3) is 5.91 Å². The summed E-state index contributed by atoms with van der Waals surface area (Å²) in [5.41, 5.74) is 3.01. The van der Waals surface area contributed by atoms with E-state index in [1.807, 2.05) is 30.3 Å². The molecule has 1 amide bonds. The van der Waals surface area contributed by atoms with Gasteiger partial charge in [0.15, 0.2) is 5.43 Å². The van der Waals surface area contributed by atoms with Crippen LogP contribution in [-0.4, -0.2) is 16.1 Å². The van der Waals surface area contributed by atoms with Crippen molar-refractivity contribution < 1.29 is 18.3 Å². The van der Waals surface area contributed by atoms with Crippen molar-refractivity contribution in [2.24, 2.45) is 0 Å². The molecule has 0 fully saturated rings. The molecular formula is C26H16FN3O4S. The van der Waals surface area contributed by atoms with E-state index < -0.39 is 23.2 Å². The van der Waals surface area contributed by atoms with Crippen LogP contribution < -0.4 is 15.1 Å². The normalized spacial score (nSPS) is 14.9. The second-order valence-electron chi connectivity index (χ2n) is 7.96. The zero-order chi connectivity index (χ0) is 23.9. The van der Waals surface area contributed by atoms with Gasteiger partial charge < -0.3 is 9.15 Å². The van der Waals surface area contributed by atoms with Gasteiger partial charge >= 0.3 is 0 Å². The summed E-state index contributed by atoms with van der Waals surface area (Å²) in [6.07, 6.45) is 0. The summed E-state index contributed by atoms with van der Waals surface area (Å²) in [5.74, 6) is -0.517. The monoisotopic (exact) mass is 485 g/mol. The van der Waals surface area contributed by atoms with Gasteiger partial charge in [0.05, 0.1) is 17.0 Å². The van der Waals surface area contributed by atoms with Crippen molar-refractivity contribution >= 4 is 33.3 Å². The molecule has 1 unspecified atom stereocenters. The number of benzene rings is 3. The van der Waals surface area contributed by atoms with Crippen LogP contribution in [-0.2, 0) is 6.61 Å². The van der Waals surface area contributed by atoms with Crippen LogP contribution in [0.25, 0.3) is 11.0 Å². The number of ether oxygens (including phenoxy) is 1. The van der Waals surface area contributed by atoms with Crippen LogP contribution in [0.2, 0.25) is 0 Å². The van der Waals surface area contributed by atoms with Gasteiger partial charge in [-0.05, 0) is 41.5 Å². The molecule has 1 aliphatic heterocycles. The average Bonchev–Trinajstić information content (AvgIpc) is 3.51. The highest BCUT2D eigenvalue weighted by Gasteiger charge is 2.45. The minimum absolute atomic E-state index is 0.0727. The first-order valence-electron chi connectivity index (χ1n) is 10.7. The third-order valence-electron chi connectivity index (χ3n) is 5.83. The van der Waals surface area contributed by atoms with Crippen LogP contribution in [0.15, 0.2) is 87.5 Å². The Morgan fingerprint density at radius 1 is 1.03 bits per heavy atom. The molecule has 0 bridgehead atoms. The van der Waals surface area contributed by atoms with Gasteiger partial charge in [-0.2, -0.15) is 0 Å². The zero-order valence-electron chi connectivity index (χ0n) is 18.1. The van der Waals surface area contributed by atoms with Crippen molar-refractivity contribution in [1.82, 2.24) is 10.2 Å². The average molecular weight is 485 g/mol. The highest BCUT2D eigenvalue weighted by molar-refractivity contribution is 7.13. The van der Waals surface area contributed by atoms with Crippen LogP contribution >= 0.6 is 11.3 Å². The predicted molar refractivity (Wildman–Crippen MR) is 128 cm³/mol. The van der Waals surface area contributed by atoms with Crippen molar-refractivity contribution in [3.8, 4) is 5.75 Å². The molecule has 1 aliphatic rings. The maximum atomic E-state index is 13.9. The zero-order valence-corrected chi connectivity index (χ0v) is 18.9. The van der Waals surface area contributed by atoms with Crippen LogP contribution in [0.1, 0.15) is 33.3 Å². The summed E-state index contributed by atoms with van der Waals surface area (Å²) in [6, 6.07) is 19.8. The molecule has 3 heterocycles. The van der Waals surface area contributed by atoms with Crippen molar-refractivity contribution in [3.05, 3.63) is 117 Å². The van der Waals surface area contributed by atoms with Gasteiger partial charge in [-0.25, -0.2) is 4.39 Å². The topological polar surface area (TPSA) is 85.5 Å². The molecule has 0 spiro atoms. The first kappa shape index (κ1) is 21.2. The van der Waals surface area contributed by atoms with E-state index in [1.165, 1.54) is 33.9 Å². The SMILES string of the molecule is O=C1c2oc3ccc(F)cc3c(=O)c2C(c2ccc(OCc3ccccc3)cc2)N1c1nncs1. The second kappa shape index (κ2) is 8.44. The lowest BCUT2D eigenvalue weighted by Gasteiger charge is -2.22. The molecule has 9 heteroatoms. The summed E-state index contributed by atoms with van der Waals surface area (Å²) in [6.45, 7) is 0.406. The molecule has 0 aliphatic carbocycles. The van der Waals surface area contributed by atoms with Gasteiger partial charge in [-0.15, -0.1) is 10.2 Å². The molecule has 0 radical (unpaired) electrons. The van der Waals surface area contributed by atoms with Gasteiger partial charge in [0.1, 0.15) is 29.3 Å². The van der Waals surface area contributed by atoms with E-state index in [-0.39, 0.29) is 22.3 Å². The number of carbonyl (C=O) groups is 1. The fourth-order valence-corrected chi connectivity index (χ4v) is 4.80. The number of amides is 1. The van der Waals surface area contributed by atoms with E-state index in [1.54, 1.807) is 24.3 Å². The van der Waals surface area contributed by atoms with E-state index in [0.717, 1.165) is 11.6 Å².